The normalized spacial score (nSPS) is 21.6. The van der Waals surface area contributed by atoms with Gasteiger partial charge in [-0.1, -0.05) is 34.6 Å². The van der Waals surface area contributed by atoms with Crippen LogP contribution in [-0.2, 0) is 6.42 Å². The fourth-order valence-electron chi connectivity index (χ4n) is 2.98. The van der Waals surface area contributed by atoms with Crippen LogP contribution in [0.15, 0.2) is 0 Å². The molecule has 0 aromatic carbocycles. The van der Waals surface area contributed by atoms with Gasteiger partial charge in [0.25, 0.3) is 0 Å². The van der Waals surface area contributed by atoms with Crippen molar-refractivity contribution in [3.8, 4) is 0 Å². The van der Waals surface area contributed by atoms with Gasteiger partial charge in [-0.3, -0.25) is 0 Å². The Bertz CT molecular complexity index is 482. The van der Waals surface area contributed by atoms with Crippen LogP contribution >= 0.6 is 0 Å². The number of rotatable bonds is 6. The highest BCUT2D eigenvalue weighted by atomic mass is 14.9. The first kappa shape index (κ1) is 16.4. The second-order valence-corrected chi connectivity index (χ2v) is 7.85. The van der Waals surface area contributed by atoms with Gasteiger partial charge < -0.3 is 5.32 Å². The van der Waals surface area contributed by atoms with Crippen LogP contribution in [0.4, 0.5) is 0 Å². The number of aryl methyl sites for hydroxylation is 2. The first-order valence-corrected chi connectivity index (χ1v) is 8.28. The van der Waals surface area contributed by atoms with Gasteiger partial charge in [-0.25, -0.2) is 9.97 Å². The highest BCUT2D eigenvalue weighted by Crippen LogP contribution is 2.57. The molecule has 1 aromatic heterocycles. The molecule has 2 unspecified atom stereocenters. The number of hydrogen-bond donors (Lipinski definition) is 1. The van der Waals surface area contributed by atoms with Crippen LogP contribution in [0.1, 0.15) is 69.7 Å². The average Bonchev–Trinajstić information content (AvgIpc) is 3.00. The predicted molar refractivity (Wildman–Crippen MR) is 88.7 cm³/mol. The summed E-state index contributed by atoms with van der Waals surface area (Å²) in [6.45, 7) is 16.6. The Morgan fingerprint density at radius 2 is 1.67 bits per heavy atom. The van der Waals surface area contributed by atoms with Crippen LogP contribution in [0.5, 0.6) is 0 Å². The van der Waals surface area contributed by atoms with Crippen LogP contribution in [-0.4, -0.2) is 22.6 Å². The van der Waals surface area contributed by atoms with E-state index in [9.17, 15) is 0 Å². The predicted octanol–water partition coefficient (Wildman–Crippen LogP) is 3.78. The Hall–Kier alpha value is -0.960. The summed E-state index contributed by atoms with van der Waals surface area (Å²) in [5, 5.41) is 3.51. The molecule has 1 aliphatic rings. The van der Waals surface area contributed by atoms with Crippen molar-refractivity contribution in [2.45, 2.75) is 73.3 Å². The quantitative estimate of drug-likeness (QED) is 0.866. The molecule has 0 spiro atoms. The summed E-state index contributed by atoms with van der Waals surface area (Å²) in [4.78, 5) is 9.62. The Kier molecular flexibility index (Phi) is 4.72. The molecule has 0 aliphatic heterocycles. The molecule has 0 radical (unpaired) electrons. The van der Waals surface area contributed by atoms with E-state index in [0.717, 1.165) is 18.8 Å². The van der Waals surface area contributed by atoms with Crippen molar-refractivity contribution in [2.75, 3.05) is 6.54 Å². The second-order valence-electron chi connectivity index (χ2n) is 7.85. The zero-order valence-corrected chi connectivity index (χ0v) is 14.7. The molecule has 2 atom stereocenters. The zero-order valence-electron chi connectivity index (χ0n) is 14.7. The molecule has 0 bridgehead atoms. The topological polar surface area (TPSA) is 37.8 Å². The van der Waals surface area contributed by atoms with Crippen LogP contribution < -0.4 is 5.32 Å². The van der Waals surface area contributed by atoms with E-state index in [0.29, 0.717) is 23.3 Å². The molecule has 1 N–H and O–H groups in total. The van der Waals surface area contributed by atoms with Crippen molar-refractivity contribution >= 4 is 0 Å². The lowest BCUT2D eigenvalue weighted by atomic mass is 9.98. The minimum atomic E-state index is 0.398. The van der Waals surface area contributed by atoms with Crippen molar-refractivity contribution in [2.24, 2.45) is 11.3 Å². The summed E-state index contributed by atoms with van der Waals surface area (Å²) in [6.07, 6.45) is 2.28. The van der Waals surface area contributed by atoms with E-state index in [4.69, 9.17) is 9.97 Å². The Balaban J connectivity index is 2.07. The van der Waals surface area contributed by atoms with Crippen LogP contribution in [0.3, 0.4) is 0 Å². The maximum Gasteiger partial charge on any atom is 0.132 e. The summed E-state index contributed by atoms with van der Waals surface area (Å²) in [5.74, 6) is 2.23. The summed E-state index contributed by atoms with van der Waals surface area (Å²) >= 11 is 0. The van der Waals surface area contributed by atoms with Gasteiger partial charge in [-0.05, 0) is 50.1 Å². The number of aromatic nitrogens is 2. The largest absolute Gasteiger partial charge is 0.314 e. The zero-order chi connectivity index (χ0) is 15.8. The third kappa shape index (κ3) is 4.03. The molecule has 1 heterocycles. The van der Waals surface area contributed by atoms with Gasteiger partial charge in [-0.15, -0.1) is 0 Å². The van der Waals surface area contributed by atoms with Crippen molar-refractivity contribution in [3.05, 3.63) is 22.8 Å². The molecule has 3 nitrogen and oxygen atoms in total. The Morgan fingerprint density at radius 1 is 1.14 bits per heavy atom. The lowest BCUT2D eigenvalue weighted by Crippen LogP contribution is -2.29. The summed E-state index contributed by atoms with van der Waals surface area (Å²) < 4.78 is 0. The van der Waals surface area contributed by atoms with Gasteiger partial charge in [-0.2, -0.15) is 0 Å². The molecule has 1 saturated carbocycles. The van der Waals surface area contributed by atoms with Crippen LogP contribution in [0, 0.1) is 25.2 Å². The van der Waals surface area contributed by atoms with Crippen molar-refractivity contribution in [3.63, 3.8) is 0 Å². The summed E-state index contributed by atoms with van der Waals surface area (Å²) in [5.41, 5.74) is 4.10. The van der Waals surface area contributed by atoms with E-state index in [2.05, 4.69) is 53.8 Å². The van der Waals surface area contributed by atoms with Gasteiger partial charge in [0, 0.05) is 23.3 Å². The van der Waals surface area contributed by atoms with Gasteiger partial charge in [0.1, 0.15) is 5.82 Å². The standard InChI is InChI=1S/C18H31N3/c1-11(2)19-10-12(3)8-15-13(4)20-17(21-14(15)5)16-9-18(16,6)7/h11-12,16,19H,8-10H2,1-7H3. The molecule has 0 amide bonds. The van der Waals surface area contributed by atoms with E-state index in [1.807, 2.05) is 0 Å². The second kappa shape index (κ2) is 6.04. The monoisotopic (exact) mass is 289 g/mol. The Morgan fingerprint density at radius 3 is 2.10 bits per heavy atom. The highest BCUT2D eigenvalue weighted by molar-refractivity contribution is 5.28. The number of nitrogens with one attached hydrogen (secondary N) is 1. The van der Waals surface area contributed by atoms with Crippen molar-refractivity contribution in [1.82, 2.24) is 15.3 Å². The van der Waals surface area contributed by atoms with Crippen LogP contribution in [0.2, 0.25) is 0 Å². The first-order chi connectivity index (χ1) is 9.70. The molecular formula is C18H31N3. The van der Waals surface area contributed by atoms with Gasteiger partial charge in [0.2, 0.25) is 0 Å². The molecule has 3 heteroatoms. The first-order valence-electron chi connectivity index (χ1n) is 8.28. The summed E-state index contributed by atoms with van der Waals surface area (Å²) in [6, 6.07) is 0.547. The molecule has 2 rings (SSSR count). The lowest BCUT2D eigenvalue weighted by molar-refractivity contribution is 0.473. The molecule has 118 valence electrons. The van der Waals surface area contributed by atoms with Crippen molar-refractivity contribution < 1.29 is 0 Å². The fourth-order valence-corrected chi connectivity index (χ4v) is 2.98. The minimum absolute atomic E-state index is 0.398. The smallest absolute Gasteiger partial charge is 0.132 e. The Labute approximate surface area is 130 Å². The highest BCUT2D eigenvalue weighted by Gasteiger charge is 2.48. The molecule has 21 heavy (non-hydrogen) atoms. The van der Waals surface area contributed by atoms with Gasteiger partial charge in [0.05, 0.1) is 0 Å². The van der Waals surface area contributed by atoms with E-state index in [1.54, 1.807) is 0 Å². The number of nitrogens with zero attached hydrogens (tertiary/aromatic N) is 2. The maximum atomic E-state index is 4.81. The molecule has 1 aromatic rings. The third-order valence-electron chi connectivity index (χ3n) is 4.69. The van der Waals surface area contributed by atoms with E-state index >= 15 is 0 Å². The molecule has 1 fully saturated rings. The van der Waals surface area contributed by atoms with Gasteiger partial charge >= 0.3 is 0 Å². The van der Waals surface area contributed by atoms with Crippen molar-refractivity contribution in [1.29, 1.82) is 0 Å². The minimum Gasteiger partial charge on any atom is -0.314 e. The maximum absolute atomic E-state index is 4.81. The fraction of sp³-hybridized carbons (Fsp3) is 0.778. The summed E-state index contributed by atoms with van der Waals surface area (Å²) in [7, 11) is 0. The average molecular weight is 289 g/mol. The SMILES string of the molecule is Cc1nc(C2CC2(C)C)nc(C)c1CC(C)CNC(C)C. The third-order valence-corrected chi connectivity index (χ3v) is 4.69. The number of hydrogen-bond acceptors (Lipinski definition) is 3. The van der Waals surface area contributed by atoms with Gasteiger partial charge in [0.15, 0.2) is 0 Å². The van der Waals surface area contributed by atoms with E-state index < -0.39 is 0 Å². The van der Waals surface area contributed by atoms with E-state index in [-0.39, 0.29) is 0 Å². The molecule has 0 saturated heterocycles. The van der Waals surface area contributed by atoms with E-state index in [1.165, 1.54) is 23.4 Å². The molecular weight excluding hydrogens is 258 g/mol. The van der Waals surface area contributed by atoms with Crippen LogP contribution in [0.25, 0.3) is 0 Å². The lowest BCUT2D eigenvalue weighted by Gasteiger charge is -2.18. The molecule has 1 aliphatic carbocycles.